The fraction of sp³-hybridized carbons (Fsp3) is 0.250. The number of halogens is 1. The number of hydrogen-bond donors (Lipinski definition) is 1. The second-order valence-electron chi connectivity index (χ2n) is 4.73. The molecule has 3 nitrogen and oxygen atoms in total. The van der Waals surface area contributed by atoms with Crippen molar-refractivity contribution < 1.29 is 14.6 Å². The molecule has 1 aliphatic heterocycles. The summed E-state index contributed by atoms with van der Waals surface area (Å²) in [5.41, 5.74) is 2.77. The number of fused-ring (bicyclic) bond motifs is 1. The number of hydrogen-bond acceptors (Lipinski definition) is 3. The number of aryl methyl sites for hydroxylation is 1. The Kier molecular flexibility index (Phi) is 3.55. The van der Waals surface area contributed by atoms with Gasteiger partial charge < -0.3 is 14.6 Å². The van der Waals surface area contributed by atoms with Gasteiger partial charge in [0, 0.05) is 0 Å². The first-order chi connectivity index (χ1) is 9.69. The van der Waals surface area contributed by atoms with Crippen molar-refractivity contribution in [1.29, 1.82) is 0 Å². The van der Waals surface area contributed by atoms with E-state index < -0.39 is 6.10 Å². The summed E-state index contributed by atoms with van der Waals surface area (Å²) in [6, 6.07) is 11.4. The van der Waals surface area contributed by atoms with E-state index in [0.717, 1.165) is 12.0 Å². The van der Waals surface area contributed by atoms with Crippen molar-refractivity contribution in [1.82, 2.24) is 0 Å². The molecule has 1 N–H and O–H groups in total. The van der Waals surface area contributed by atoms with Gasteiger partial charge >= 0.3 is 0 Å². The van der Waals surface area contributed by atoms with Crippen molar-refractivity contribution in [2.75, 3.05) is 6.79 Å². The second-order valence-corrected chi connectivity index (χ2v) is 5.14. The van der Waals surface area contributed by atoms with Crippen LogP contribution in [0.25, 0.3) is 0 Å². The van der Waals surface area contributed by atoms with E-state index in [1.54, 1.807) is 12.1 Å². The molecule has 4 heteroatoms. The summed E-state index contributed by atoms with van der Waals surface area (Å²) in [6.45, 7) is 2.27. The van der Waals surface area contributed by atoms with Gasteiger partial charge in [-0.3, -0.25) is 0 Å². The molecule has 0 saturated heterocycles. The van der Waals surface area contributed by atoms with Gasteiger partial charge in [0.25, 0.3) is 0 Å². The molecule has 2 aromatic rings. The molecule has 2 aromatic carbocycles. The fourth-order valence-electron chi connectivity index (χ4n) is 2.27. The monoisotopic (exact) mass is 290 g/mol. The van der Waals surface area contributed by atoms with Crippen LogP contribution >= 0.6 is 11.6 Å². The summed E-state index contributed by atoms with van der Waals surface area (Å²) < 4.78 is 10.6. The van der Waals surface area contributed by atoms with Crippen molar-refractivity contribution in [3.63, 3.8) is 0 Å². The Labute approximate surface area is 122 Å². The molecule has 3 rings (SSSR count). The minimum absolute atomic E-state index is 0.166. The summed E-state index contributed by atoms with van der Waals surface area (Å²) in [7, 11) is 0. The summed E-state index contributed by atoms with van der Waals surface area (Å²) in [4.78, 5) is 0. The van der Waals surface area contributed by atoms with Crippen molar-refractivity contribution >= 4 is 11.6 Å². The van der Waals surface area contributed by atoms with Crippen LogP contribution in [0.2, 0.25) is 5.02 Å². The van der Waals surface area contributed by atoms with Gasteiger partial charge in [-0.15, -0.1) is 0 Å². The lowest BCUT2D eigenvalue weighted by atomic mass is 9.99. The number of rotatable bonds is 3. The van der Waals surface area contributed by atoms with Crippen molar-refractivity contribution in [2.24, 2.45) is 0 Å². The minimum Gasteiger partial charge on any atom is -0.454 e. The van der Waals surface area contributed by atoms with Crippen LogP contribution in [-0.4, -0.2) is 11.9 Å². The second kappa shape index (κ2) is 5.35. The quantitative estimate of drug-likeness (QED) is 0.936. The third-order valence-corrected chi connectivity index (χ3v) is 3.75. The average Bonchev–Trinajstić information content (AvgIpc) is 2.95. The van der Waals surface area contributed by atoms with E-state index in [0.29, 0.717) is 22.1 Å². The smallest absolute Gasteiger partial charge is 0.231 e. The Hall–Kier alpha value is -1.71. The third kappa shape index (κ3) is 2.35. The molecule has 1 atom stereocenters. The molecule has 0 saturated carbocycles. The highest BCUT2D eigenvalue weighted by molar-refractivity contribution is 6.32. The van der Waals surface area contributed by atoms with Gasteiger partial charge in [-0.05, 0) is 35.2 Å². The van der Waals surface area contributed by atoms with Crippen molar-refractivity contribution in [2.45, 2.75) is 19.4 Å². The Morgan fingerprint density at radius 2 is 1.90 bits per heavy atom. The van der Waals surface area contributed by atoms with Gasteiger partial charge in [0.05, 0.1) is 5.02 Å². The van der Waals surface area contributed by atoms with Gasteiger partial charge in [-0.25, -0.2) is 0 Å². The molecule has 1 heterocycles. The molecule has 0 radical (unpaired) electrons. The Bertz CT molecular complexity index is 622. The van der Waals surface area contributed by atoms with E-state index >= 15 is 0 Å². The molecule has 0 spiro atoms. The Morgan fingerprint density at radius 3 is 2.60 bits per heavy atom. The van der Waals surface area contributed by atoms with Gasteiger partial charge in [0.2, 0.25) is 6.79 Å². The number of aliphatic hydroxyl groups excluding tert-OH is 1. The standard InChI is InChI=1S/C16H15ClO3/c1-2-10-3-5-11(6-4-10)15(18)12-7-13(17)16-14(8-12)19-9-20-16/h3-8,15,18H,2,9H2,1H3. The van der Waals surface area contributed by atoms with Crippen LogP contribution in [-0.2, 0) is 6.42 Å². The van der Waals surface area contributed by atoms with E-state index in [9.17, 15) is 5.11 Å². The number of ether oxygens (including phenoxy) is 2. The summed E-state index contributed by atoms with van der Waals surface area (Å²) in [5.74, 6) is 1.13. The molecule has 0 bridgehead atoms. The Balaban J connectivity index is 1.93. The lowest BCUT2D eigenvalue weighted by Crippen LogP contribution is -2.00. The highest BCUT2D eigenvalue weighted by atomic mass is 35.5. The van der Waals surface area contributed by atoms with E-state index in [2.05, 4.69) is 6.92 Å². The van der Waals surface area contributed by atoms with Crippen LogP contribution in [0.3, 0.4) is 0 Å². The molecule has 1 unspecified atom stereocenters. The van der Waals surface area contributed by atoms with Crippen LogP contribution in [0.5, 0.6) is 11.5 Å². The largest absolute Gasteiger partial charge is 0.454 e. The van der Waals surface area contributed by atoms with Crippen LogP contribution < -0.4 is 9.47 Å². The fourth-order valence-corrected chi connectivity index (χ4v) is 2.55. The van der Waals surface area contributed by atoms with Crippen molar-refractivity contribution in [3.8, 4) is 11.5 Å². The zero-order chi connectivity index (χ0) is 14.1. The molecule has 1 aliphatic rings. The van der Waals surface area contributed by atoms with Gasteiger partial charge in [0.15, 0.2) is 11.5 Å². The van der Waals surface area contributed by atoms with Gasteiger partial charge in [0.1, 0.15) is 6.10 Å². The van der Waals surface area contributed by atoms with Gasteiger partial charge in [-0.2, -0.15) is 0 Å². The average molecular weight is 291 g/mol. The summed E-state index contributed by atoms with van der Waals surface area (Å²) >= 11 is 6.14. The topological polar surface area (TPSA) is 38.7 Å². The van der Waals surface area contributed by atoms with E-state index in [1.807, 2.05) is 24.3 Å². The van der Waals surface area contributed by atoms with Crippen LogP contribution in [0, 0.1) is 0 Å². The van der Waals surface area contributed by atoms with E-state index in [-0.39, 0.29) is 6.79 Å². The first-order valence-electron chi connectivity index (χ1n) is 6.55. The zero-order valence-corrected chi connectivity index (χ0v) is 11.9. The lowest BCUT2D eigenvalue weighted by Gasteiger charge is -2.13. The highest BCUT2D eigenvalue weighted by Crippen LogP contribution is 2.41. The normalized spacial score (nSPS) is 14.3. The molecule has 0 aliphatic carbocycles. The molecular weight excluding hydrogens is 276 g/mol. The summed E-state index contributed by atoms with van der Waals surface area (Å²) in [5, 5.41) is 10.9. The van der Waals surface area contributed by atoms with Crippen LogP contribution in [0.15, 0.2) is 36.4 Å². The van der Waals surface area contributed by atoms with E-state index in [1.165, 1.54) is 5.56 Å². The maximum absolute atomic E-state index is 10.5. The highest BCUT2D eigenvalue weighted by Gasteiger charge is 2.21. The zero-order valence-electron chi connectivity index (χ0n) is 11.1. The molecular formula is C16H15ClO3. The minimum atomic E-state index is -0.729. The van der Waals surface area contributed by atoms with Crippen molar-refractivity contribution in [3.05, 3.63) is 58.1 Å². The molecule has 0 fully saturated rings. The lowest BCUT2D eigenvalue weighted by molar-refractivity contribution is 0.173. The summed E-state index contributed by atoms with van der Waals surface area (Å²) in [6.07, 6.45) is 0.250. The van der Waals surface area contributed by atoms with E-state index in [4.69, 9.17) is 21.1 Å². The van der Waals surface area contributed by atoms with Crippen LogP contribution in [0.4, 0.5) is 0 Å². The van der Waals surface area contributed by atoms with Crippen LogP contribution in [0.1, 0.15) is 29.7 Å². The Morgan fingerprint density at radius 1 is 1.15 bits per heavy atom. The maximum atomic E-state index is 10.5. The molecule has 104 valence electrons. The molecule has 20 heavy (non-hydrogen) atoms. The molecule has 0 amide bonds. The predicted octanol–water partition coefficient (Wildman–Crippen LogP) is 3.71. The predicted molar refractivity (Wildman–Crippen MR) is 77.5 cm³/mol. The first kappa shape index (κ1) is 13.3. The maximum Gasteiger partial charge on any atom is 0.231 e. The number of aliphatic hydroxyl groups is 1. The first-order valence-corrected chi connectivity index (χ1v) is 6.92. The molecule has 0 aromatic heterocycles. The third-order valence-electron chi connectivity index (χ3n) is 3.47. The SMILES string of the molecule is CCc1ccc(C(O)c2cc(Cl)c3c(c2)OCO3)cc1. The van der Waals surface area contributed by atoms with Gasteiger partial charge in [-0.1, -0.05) is 42.8 Å². The number of benzene rings is 2.